The molecule has 0 bridgehead atoms. The smallest absolute Gasteiger partial charge is 0.336 e. The molecule has 0 aliphatic heterocycles. The Labute approximate surface area is 125 Å². The first-order valence-electron chi connectivity index (χ1n) is 6.82. The molecule has 0 amide bonds. The molecular weight excluding hydrogens is 260 g/mol. The van der Waals surface area contributed by atoms with Gasteiger partial charge in [-0.15, -0.1) is 0 Å². The minimum absolute atomic E-state index is 0.320. The number of hydrogen-bond acceptors (Lipinski definition) is 1. The zero-order valence-corrected chi connectivity index (χ0v) is 12.7. The van der Waals surface area contributed by atoms with E-state index >= 15 is 0 Å². The fourth-order valence-electron chi connectivity index (χ4n) is 2.22. The first kappa shape index (κ1) is 14.9. The topological polar surface area (TPSA) is 37.3 Å². The highest BCUT2D eigenvalue weighted by Gasteiger charge is 2.10. The number of aryl methyl sites for hydroxylation is 3. The number of benzene rings is 2. The highest BCUT2D eigenvalue weighted by molar-refractivity contribution is 5.90. The van der Waals surface area contributed by atoms with Crippen molar-refractivity contribution in [3.63, 3.8) is 0 Å². The monoisotopic (exact) mass is 278 g/mol. The van der Waals surface area contributed by atoms with E-state index in [2.05, 4.69) is 17.9 Å². The van der Waals surface area contributed by atoms with Gasteiger partial charge in [-0.05, 0) is 68.1 Å². The molecule has 0 aliphatic rings. The van der Waals surface area contributed by atoms with Crippen LogP contribution in [0.4, 0.5) is 0 Å². The number of aromatic carboxylic acids is 1. The molecule has 2 rings (SSSR count). The predicted octanol–water partition coefficient (Wildman–Crippen LogP) is 4.02. The number of rotatable bonds is 1. The molecule has 0 heterocycles. The fraction of sp³-hybridized carbons (Fsp3) is 0.211. The van der Waals surface area contributed by atoms with Crippen LogP contribution in [0.5, 0.6) is 0 Å². The molecule has 0 spiro atoms. The second-order valence-electron chi connectivity index (χ2n) is 5.36. The van der Waals surface area contributed by atoms with Gasteiger partial charge in [0.15, 0.2) is 0 Å². The van der Waals surface area contributed by atoms with E-state index < -0.39 is 5.97 Å². The van der Waals surface area contributed by atoms with E-state index in [9.17, 15) is 9.90 Å². The summed E-state index contributed by atoms with van der Waals surface area (Å²) >= 11 is 0. The van der Waals surface area contributed by atoms with Crippen molar-refractivity contribution in [3.05, 3.63) is 69.3 Å². The number of hydrogen-bond donors (Lipinski definition) is 1. The Bertz CT molecular complexity index is 774. The summed E-state index contributed by atoms with van der Waals surface area (Å²) in [6, 6.07) is 9.76. The highest BCUT2D eigenvalue weighted by atomic mass is 16.4. The summed E-state index contributed by atoms with van der Waals surface area (Å²) in [5.74, 6) is 5.37. The lowest BCUT2D eigenvalue weighted by Crippen LogP contribution is -2.02. The van der Waals surface area contributed by atoms with Crippen molar-refractivity contribution >= 4 is 5.97 Å². The van der Waals surface area contributed by atoms with Crippen LogP contribution < -0.4 is 0 Å². The first-order valence-corrected chi connectivity index (χ1v) is 6.82. The van der Waals surface area contributed by atoms with Crippen molar-refractivity contribution in [1.29, 1.82) is 0 Å². The van der Waals surface area contributed by atoms with Crippen LogP contribution in [0.1, 0.15) is 43.7 Å². The molecule has 0 aromatic heterocycles. The maximum absolute atomic E-state index is 11.3. The molecule has 2 heteroatoms. The second-order valence-corrected chi connectivity index (χ2v) is 5.36. The molecule has 1 N–H and O–H groups in total. The van der Waals surface area contributed by atoms with Crippen molar-refractivity contribution < 1.29 is 9.90 Å². The van der Waals surface area contributed by atoms with Gasteiger partial charge < -0.3 is 5.11 Å². The molecule has 0 unspecified atom stereocenters. The molecule has 0 fully saturated rings. The first-order chi connectivity index (χ1) is 9.88. The average molecular weight is 278 g/mol. The maximum atomic E-state index is 11.3. The Morgan fingerprint density at radius 2 is 1.52 bits per heavy atom. The molecule has 0 atom stereocenters. The molecule has 2 nitrogen and oxygen atoms in total. The average Bonchev–Trinajstić information content (AvgIpc) is 2.42. The summed E-state index contributed by atoms with van der Waals surface area (Å²) in [6.45, 7) is 7.74. The van der Waals surface area contributed by atoms with Crippen LogP contribution >= 0.6 is 0 Å². The highest BCUT2D eigenvalue weighted by Crippen LogP contribution is 2.17. The zero-order valence-electron chi connectivity index (χ0n) is 12.7. The molecular formula is C19H18O2. The van der Waals surface area contributed by atoms with Crippen LogP contribution in [0.25, 0.3) is 0 Å². The zero-order chi connectivity index (χ0) is 15.6. The lowest BCUT2D eigenvalue weighted by molar-refractivity contribution is 0.0696. The summed E-state index contributed by atoms with van der Waals surface area (Å²) < 4.78 is 0. The van der Waals surface area contributed by atoms with E-state index in [1.54, 1.807) is 13.0 Å². The van der Waals surface area contributed by atoms with E-state index in [1.165, 1.54) is 0 Å². The van der Waals surface area contributed by atoms with Gasteiger partial charge in [0, 0.05) is 11.1 Å². The molecule has 0 saturated carbocycles. The van der Waals surface area contributed by atoms with E-state index in [-0.39, 0.29) is 0 Å². The van der Waals surface area contributed by atoms with Gasteiger partial charge in [0.25, 0.3) is 0 Å². The van der Waals surface area contributed by atoms with Gasteiger partial charge in [-0.1, -0.05) is 24.0 Å². The van der Waals surface area contributed by atoms with E-state index in [4.69, 9.17) is 0 Å². The Hall–Kier alpha value is -2.53. The van der Waals surface area contributed by atoms with Gasteiger partial charge in [-0.2, -0.15) is 0 Å². The second kappa shape index (κ2) is 5.85. The van der Waals surface area contributed by atoms with Crippen LogP contribution in [0, 0.1) is 39.5 Å². The Morgan fingerprint density at radius 1 is 0.905 bits per heavy atom. The molecule has 0 aliphatic carbocycles. The van der Waals surface area contributed by atoms with Crippen molar-refractivity contribution in [3.8, 4) is 11.8 Å². The lowest BCUT2D eigenvalue weighted by atomic mass is 9.98. The molecule has 0 radical (unpaired) electrons. The van der Waals surface area contributed by atoms with Gasteiger partial charge in [0.1, 0.15) is 0 Å². The van der Waals surface area contributed by atoms with E-state index in [0.717, 1.165) is 27.8 Å². The number of carbonyl (C=O) groups is 1. The summed E-state index contributed by atoms with van der Waals surface area (Å²) in [7, 11) is 0. The van der Waals surface area contributed by atoms with Gasteiger partial charge in [0.2, 0.25) is 0 Å². The van der Waals surface area contributed by atoms with Crippen LogP contribution in [0.15, 0.2) is 30.3 Å². The summed E-state index contributed by atoms with van der Waals surface area (Å²) in [5, 5.41) is 9.23. The number of carboxylic acid groups (broad SMARTS) is 1. The fourth-order valence-corrected chi connectivity index (χ4v) is 2.22. The lowest BCUT2D eigenvalue weighted by Gasteiger charge is -2.05. The third kappa shape index (κ3) is 3.32. The van der Waals surface area contributed by atoms with Crippen LogP contribution in [0.3, 0.4) is 0 Å². The van der Waals surface area contributed by atoms with Crippen LogP contribution in [-0.4, -0.2) is 11.1 Å². The Morgan fingerprint density at radius 3 is 2.19 bits per heavy atom. The minimum Gasteiger partial charge on any atom is -0.478 e. The minimum atomic E-state index is -0.911. The van der Waals surface area contributed by atoms with Crippen molar-refractivity contribution in [2.75, 3.05) is 0 Å². The third-order valence-corrected chi connectivity index (χ3v) is 3.51. The Kier molecular flexibility index (Phi) is 4.14. The third-order valence-electron chi connectivity index (χ3n) is 3.51. The summed E-state index contributed by atoms with van der Waals surface area (Å²) in [4.78, 5) is 11.3. The van der Waals surface area contributed by atoms with Crippen molar-refractivity contribution in [2.24, 2.45) is 0 Å². The van der Waals surface area contributed by atoms with Gasteiger partial charge in [-0.3, -0.25) is 0 Å². The van der Waals surface area contributed by atoms with Crippen LogP contribution in [0.2, 0.25) is 0 Å². The molecule has 2 aromatic rings. The summed E-state index contributed by atoms with van der Waals surface area (Å²) in [5.41, 5.74) is 5.98. The Balaban J connectivity index is 2.53. The van der Waals surface area contributed by atoms with Crippen molar-refractivity contribution in [2.45, 2.75) is 27.7 Å². The van der Waals surface area contributed by atoms with Gasteiger partial charge >= 0.3 is 5.97 Å². The summed E-state index contributed by atoms with van der Waals surface area (Å²) in [6.07, 6.45) is 0. The molecule has 0 saturated heterocycles. The molecule has 106 valence electrons. The van der Waals surface area contributed by atoms with E-state index in [1.807, 2.05) is 39.0 Å². The van der Waals surface area contributed by atoms with Gasteiger partial charge in [0.05, 0.1) is 5.56 Å². The largest absolute Gasteiger partial charge is 0.478 e. The maximum Gasteiger partial charge on any atom is 0.336 e. The number of carboxylic acids is 1. The normalized spacial score (nSPS) is 9.90. The van der Waals surface area contributed by atoms with Crippen molar-refractivity contribution in [1.82, 2.24) is 0 Å². The van der Waals surface area contributed by atoms with Crippen LogP contribution in [-0.2, 0) is 0 Å². The molecule has 21 heavy (non-hydrogen) atoms. The quantitative estimate of drug-likeness (QED) is 0.800. The van der Waals surface area contributed by atoms with E-state index in [0.29, 0.717) is 11.1 Å². The predicted molar refractivity (Wildman–Crippen MR) is 84.8 cm³/mol. The van der Waals surface area contributed by atoms with Gasteiger partial charge in [-0.25, -0.2) is 4.79 Å². The SMILES string of the molecule is Cc1ccc(C)c(C#Cc2cc(C)cc(C(=O)O)c2C)c1. The molecule has 2 aromatic carbocycles. The standard InChI is InChI=1S/C19H18O2/c1-12-5-6-14(3)16(9-12)7-8-17-10-13(2)11-18(15(17)4)19(20)21/h5-6,9-11H,1-4H3,(H,20,21).